The number of nitrogens with zero attached hydrogens (tertiary/aromatic N) is 3. The van der Waals surface area contributed by atoms with Crippen LogP contribution in [-0.2, 0) is 9.59 Å². The largest absolute Gasteiger partial charge is 0.322 e. The fourth-order valence-electron chi connectivity index (χ4n) is 3.27. The molecule has 0 unspecified atom stereocenters. The number of aryl methyl sites for hydroxylation is 1. The van der Waals surface area contributed by atoms with E-state index in [4.69, 9.17) is 0 Å². The highest BCUT2D eigenvalue weighted by Crippen LogP contribution is 2.24. The summed E-state index contributed by atoms with van der Waals surface area (Å²) in [7, 11) is 0. The van der Waals surface area contributed by atoms with Gasteiger partial charge in [-0.3, -0.25) is 19.3 Å². The normalized spacial score (nSPS) is 13.8. The van der Waals surface area contributed by atoms with Crippen molar-refractivity contribution in [2.75, 3.05) is 10.2 Å². The zero-order valence-corrected chi connectivity index (χ0v) is 15.6. The molecule has 1 aliphatic rings. The van der Waals surface area contributed by atoms with Gasteiger partial charge < -0.3 is 9.88 Å². The van der Waals surface area contributed by atoms with E-state index >= 15 is 0 Å². The molecule has 2 heterocycles. The summed E-state index contributed by atoms with van der Waals surface area (Å²) in [6, 6.07) is 10.6. The van der Waals surface area contributed by atoms with Crippen molar-refractivity contribution < 1.29 is 18.8 Å². The van der Waals surface area contributed by atoms with E-state index in [0.29, 0.717) is 17.2 Å². The summed E-state index contributed by atoms with van der Waals surface area (Å²) in [5.41, 5.74) is 1.21. The van der Waals surface area contributed by atoms with Gasteiger partial charge in [0.05, 0.1) is 11.4 Å². The predicted molar refractivity (Wildman–Crippen MR) is 104 cm³/mol. The molecule has 0 radical (unpaired) electrons. The van der Waals surface area contributed by atoms with E-state index in [1.807, 2.05) is 0 Å². The number of rotatable bonds is 4. The number of hydrogen-bond donors (Lipinski definition) is 1. The van der Waals surface area contributed by atoms with Gasteiger partial charge in [-0.2, -0.15) is 0 Å². The van der Waals surface area contributed by atoms with Crippen LogP contribution in [0.25, 0.3) is 5.69 Å². The molecule has 1 saturated heterocycles. The van der Waals surface area contributed by atoms with Crippen LogP contribution in [0.2, 0.25) is 0 Å². The van der Waals surface area contributed by atoms with Gasteiger partial charge in [-0.15, -0.1) is 0 Å². The first-order chi connectivity index (χ1) is 13.9. The number of halogens is 1. The molecule has 1 fully saturated rings. The number of benzene rings is 2. The molecule has 1 N–H and O–H groups in total. The van der Waals surface area contributed by atoms with Crippen LogP contribution < -0.4 is 10.2 Å². The first-order valence-electron chi connectivity index (χ1n) is 9.01. The summed E-state index contributed by atoms with van der Waals surface area (Å²) in [5, 5.41) is 2.63. The van der Waals surface area contributed by atoms with E-state index < -0.39 is 11.7 Å². The highest BCUT2D eigenvalue weighted by atomic mass is 19.1. The maximum absolute atomic E-state index is 14.5. The Balaban J connectivity index is 1.55. The molecule has 0 spiro atoms. The Bertz CT molecular complexity index is 1120. The van der Waals surface area contributed by atoms with Gasteiger partial charge in [0.25, 0.3) is 5.91 Å². The highest BCUT2D eigenvalue weighted by Gasteiger charge is 2.30. The van der Waals surface area contributed by atoms with Gasteiger partial charge in [0.15, 0.2) is 0 Å². The summed E-state index contributed by atoms with van der Waals surface area (Å²) in [6.45, 7) is 1.76. The van der Waals surface area contributed by atoms with E-state index in [2.05, 4.69) is 10.3 Å². The van der Waals surface area contributed by atoms with Crippen LogP contribution in [0.1, 0.15) is 29.0 Å². The minimum Gasteiger partial charge on any atom is -0.322 e. The average molecular weight is 392 g/mol. The summed E-state index contributed by atoms with van der Waals surface area (Å²) in [6.07, 6.45) is 3.56. The van der Waals surface area contributed by atoms with Gasteiger partial charge in [-0.25, -0.2) is 9.37 Å². The Kier molecular flexibility index (Phi) is 4.67. The Morgan fingerprint density at radius 3 is 2.52 bits per heavy atom. The van der Waals surface area contributed by atoms with E-state index in [9.17, 15) is 18.8 Å². The molecule has 8 heteroatoms. The quantitative estimate of drug-likeness (QED) is 0.691. The lowest BCUT2D eigenvalue weighted by molar-refractivity contribution is -0.121. The van der Waals surface area contributed by atoms with E-state index in [1.165, 1.54) is 12.1 Å². The second-order valence-electron chi connectivity index (χ2n) is 6.64. The Labute approximate surface area is 165 Å². The molecule has 0 bridgehead atoms. The molecule has 0 aliphatic carbocycles. The van der Waals surface area contributed by atoms with Crippen LogP contribution in [0.5, 0.6) is 0 Å². The molecule has 0 atom stereocenters. The second kappa shape index (κ2) is 7.31. The van der Waals surface area contributed by atoms with Crippen LogP contribution in [0, 0.1) is 12.7 Å². The van der Waals surface area contributed by atoms with Crippen molar-refractivity contribution >= 4 is 29.1 Å². The average Bonchev–Trinajstić information content (AvgIpc) is 3.27. The first kappa shape index (κ1) is 18.5. The molecule has 1 aliphatic heterocycles. The number of imidazole rings is 1. The lowest BCUT2D eigenvalue weighted by Crippen LogP contribution is -2.28. The van der Waals surface area contributed by atoms with Crippen molar-refractivity contribution in [2.24, 2.45) is 0 Å². The lowest BCUT2D eigenvalue weighted by atomic mass is 10.1. The summed E-state index contributed by atoms with van der Waals surface area (Å²) in [5.74, 6) is -0.925. The van der Waals surface area contributed by atoms with Crippen LogP contribution in [0.3, 0.4) is 0 Å². The van der Waals surface area contributed by atoms with Crippen LogP contribution >= 0.6 is 0 Å². The zero-order chi connectivity index (χ0) is 20.5. The summed E-state index contributed by atoms with van der Waals surface area (Å²) < 4.78 is 16.1. The van der Waals surface area contributed by atoms with Gasteiger partial charge in [0, 0.05) is 36.5 Å². The van der Waals surface area contributed by atoms with Gasteiger partial charge in [0.1, 0.15) is 11.6 Å². The van der Waals surface area contributed by atoms with Gasteiger partial charge in [-0.1, -0.05) is 6.07 Å². The molecule has 0 saturated carbocycles. The molecular weight excluding hydrogens is 375 g/mol. The van der Waals surface area contributed by atoms with Crippen LogP contribution in [0.4, 0.5) is 15.8 Å². The number of hydrogen-bond acceptors (Lipinski definition) is 4. The minimum atomic E-state index is -0.508. The smallest absolute Gasteiger partial charge is 0.255 e. The maximum Gasteiger partial charge on any atom is 0.255 e. The third kappa shape index (κ3) is 3.52. The fraction of sp³-hybridized carbons (Fsp3) is 0.143. The molecule has 2 aromatic carbocycles. The molecular formula is C21H17FN4O3. The summed E-state index contributed by atoms with van der Waals surface area (Å²) in [4.78, 5) is 41.5. The van der Waals surface area contributed by atoms with Crippen molar-refractivity contribution in [1.82, 2.24) is 9.55 Å². The number of carbonyl (C=O) groups is 3. The van der Waals surface area contributed by atoms with Gasteiger partial charge in [0.2, 0.25) is 11.8 Å². The Morgan fingerprint density at radius 1 is 1.10 bits per heavy atom. The topological polar surface area (TPSA) is 84.3 Å². The number of aromatic nitrogens is 2. The monoisotopic (exact) mass is 392 g/mol. The second-order valence-corrected chi connectivity index (χ2v) is 6.64. The van der Waals surface area contributed by atoms with Crippen LogP contribution in [0.15, 0.2) is 54.9 Å². The molecule has 3 aromatic rings. The van der Waals surface area contributed by atoms with Crippen molar-refractivity contribution in [2.45, 2.75) is 19.8 Å². The highest BCUT2D eigenvalue weighted by molar-refractivity contribution is 6.20. The molecule has 29 heavy (non-hydrogen) atoms. The number of amides is 3. The van der Waals surface area contributed by atoms with E-state index in [0.717, 1.165) is 4.90 Å². The van der Waals surface area contributed by atoms with Crippen molar-refractivity contribution in [1.29, 1.82) is 0 Å². The zero-order valence-electron chi connectivity index (χ0n) is 15.6. The van der Waals surface area contributed by atoms with Crippen LogP contribution in [-0.4, -0.2) is 27.3 Å². The lowest BCUT2D eigenvalue weighted by Gasteiger charge is -2.15. The molecule has 4 rings (SSSR count). The Morgan fingerprint density at radius 2 is 1.86 bits per heavy atom. The SMILES string of the molecule is Cc1nccn1-c1ccc(NC(=O)c2cccc(N3C(=O)CCC3=O)c2)cc1F. The standard InChI is InChI=1S/C21H17FN4O3/c1-13-23-9-10-25(13)18-6-5-15(12-17(18)22)24-21(29)14-3-2-4-16(11-14)26-19(27)7-8-20(26)28/h2-6,9-12H,7-8H2,1H3,(H,24,29). The molecule has 1 aromatic heterocycles. The van der Waals surface area contributed by atoms with Crippen molar-refractivity contribution in [3.05, 3.63) is 72.1 Å². The van der Waals surface area contributed by atoms with E-state index in [1.54, 1.807) is 54.2 Å². The molecule has 146 valence electrons. The van der Waals surface area contributed by atoms with Gasteiger partial charge >= 0.3 is 0 Å². The van der Waals surface area contributed by atoms with Crippen molar-refractivity contribution in [3.63, 3.8) is 0 Å². The van der Waals surface area contributed by atoms with E-state index in [-0.39, 0.29) is 35.9 Å². The van der Waals surface area contributed by atoms with Crippen molar-refractivity contribution in [3.8, 4) is 5.69 Å². The summed E-state index contributed by atoms with van der Waals surface area (Å²) >= 11 is 0. The Hall–Kier alpha value is -3.81. The third-order valence-corrected chi connectivity index (χ3v) is 4.71. The third-order valence-electron chi connectivity index (χ3n) is 4.71. The fourth-order valence-corrected chi connectivity index (χ4v) is 3.27. The maximum atomic E-state index is 14.5. The number of carbonyl (C=O) groups excluding carboxylic acids is 3. The number of imide groups is 1. The predicted octanol–water partition coefficient (Wildman–Crippen LogP) is 3.23. The molecule has 7 nitrogen and oxygen atoms in total. The molecule has 3 amide bonds. The number of anilines is 2. The van der Waals surface area contributed by atoms with Gasteiger partial charge in [-0.05, 0) is 43.3 Å². The minimum absolute atomic E-state index is 0.164. The first-order valence-corrected chi connectivity index (χ1v) is 9.01. The number of nitrogens with one attached hydrogen (secondary N) is 1.